The molecule has 0 aromatic heterocycles. The van der Waals surface area contributed by atoms with E-state index in [0.717, 1.165) is 63.6 Å². The van der Waals surface area contributed by atoms with Gasteiger partial charge in [0.25, 0.3) is 0 Å². The summed E-state index contributed by atoms with van der Waals surface area (Å²) in [6, 6.07) is 0.824. The van der Waals surface area contributed by atoms with Crippen LogP contribution in [0, 0.1) is 0 Å². The number of nitrogens with zero attached hydrogens (tertiary/aromatic N) is 3. The number of likely N-dealkylation sites (N-methyl/N-ethyl adjacent to an activating group) is 1. The lowest BCUT2D eigenvalue weighted by Crippen LogP contribution is -2.49. The van der Waals surface area contributed by atoms with Crippen molar-refractivity contribution in [3.05, 3.63) is 0 Å². The van der Waals surface area contributed by atoms with Gasteiger partial charge in [-0.1, -0.05) is 0 Å². The van der Waals surface area contributed by atoms with Crippen molar-refractivity contribution in [2.75, 3.05) is 50.8 Å². The van der Waals surface area contributed by atoms with Crippen LogP contribution in [0.5, 0.6) is 0 Å². The Morgan fingerprint density at radius 3 is 2.65 bits per heavy atom. The lowest BCUT2D eigenvalue weighted by atomic mass is 10.0. The van der Waals surface area contributed by atoms with Crippen molar-refractivity contribution in [2.45, 2.75) is 38.3 Å². The molecule has 6 nitrogen and oxygen atoms in total. The predicted octanol–water partition coefficient (Wildman–Crippen LogP) is 0.830. The Morgan fingerprint density at radius 2 is 2.04 bits per heavy atom. The number of hydrogen-bond acceptors (Lipinski definition) is 4. The Kier molecular flexibility index (Phi) is 5.69. The third-order valence-corrected chi connectivity index (χ3v) is 6.32. The van der Waals surface area contributed by atoms with Gasteiger partial charge in [-0.2, -0.15) is 11.8 Å². The highest BCUT2D eigenvalue weighted by atomic mass is 32.2. The van der Waals surface area contributed by atoms with E-state index < -0.39 is 0 Å². The summed E-state index contributed by atoms with van der Waals surface area (Å²) in [4.78, 5) is 30.6. The smallest absolute Gasteiger partial charge is 0.320 e. The van der Waals surface area contributed by atoms with Crippen molar-refractivity contribution in [2.24, 2.45) is 0 Å². The maximum Gasteiger partial charge on any atom is 0.320 e. The van der Waals surface area contributed by atoms with Crippen molar-refractivity contribution >= 4 is 23.7 Å². The average Bonchev–Trinajstić information content (AvgIpc) is 2.96. The van der Waals surface area contributed by atoms with Crippen molar-refractivity contribution in [1.29, 1.82) is 0 Å². The van der Waals surface area contributed by atoms with Gasteiger partial charge in [-0.3, -0.25) is 4.79 Å². The molecule has 0 aliphatic carbocycles. The van der Waals surface area contributed by atoms with Crippen LogP contribution in [0.1, 0.15) is 26.2 Å². The maximum atomic E-state index is 12.4. The van der Waals surface area contributed by atoms with Crippen LogP contribution in [0.4, 0.5) is 4.79 Å². The molecule has 0 saturated carbocycles. The van der Waals surface area contributed by atoms with E-state index in [0.29, 0.717) is 18.5 Å². The Balaban J connectivity index is 1.44. The summed E-state index contributed by atoms with van der Waals surface area (Å²) >= 11 is 1.93. The highest BCUT2D eigenvalue weighted by molar-refractivity contribution is 7.99. The zero-order valence-corrected chi connectivity index (χ0v) is 14.8. The molecule has 3 amide bonds. The first-order chi connectivity index (χ1) is 11.2. The highest BCUT2D eigenvalue weighted by Crippen LogP contribution is 2.22. The van der Waals surface area contributed by atoms with Gasteiger partial charge in [-0.05, 0) is 19.8 Å². The first kappa shape index (κ1) is 16.9. The minimum Gasteiger partial charge on any atom is -0.342 e. The first-order valence-electron chi connectivity index (χ1n) is 8.83. The van der Waals surface area contributed by atoms with Gasteiger partial charge in [-0.25, -0.2) is 4.79 Å². The predicted molar refractivity (Wildman–Crippen MR) is 92.7 cm³/mol. The minimum atomic E-state index is 0.181. The van der Waals surface area contributed by atoms with Crippen LogP contribution in [0.3, 0.4) is 0 Å². The second kappa shape index (κ2) is 7.75. The highest BCUT2D eigenvalue weighted by Gasteiger charge is 2.35. The molecule has 0 aromatic carbocycles. The molecular weight excluding hydrogens is 312 g/mol. The fraction of sp³-hybridized carbons (Fsp3) is 0.875. The number of rotatable bonds is 4. The molecule has 23 heavy (non-hydrogen) atoms. The maximum absolute atomic E-state index is 12.4. The summed E-state index contributed by atoms with van der Waals surface area (Å²) in [5.41, 5.74) is 0. The number of likely N-dealkylation sites (tertiary alicyclic amines) is 1. The molecular formula is C16H28N4O2S. The zero-order valence-electron chi connectivity index (χ0n) is 14.0. The molecule has 0 radical (unpaired) electrons. The van der Waals surface area contributed by atoms with Crippen LogP contribution in [-0.4, -0.2) is 89.5 Å². The normalized spacial score (nSPS) is 26.9. The summed E-state index contributed by atoms with van der Waals surface area (Å²) in [5, 5.41) is 3.43. The van der Waals surface area contributed by atoms with E-state index in [1.54, 1.807) is 0 Å². The Labute approximate surface area is 142 Å². The molecule has 0 spiro atoms. The van der Waals surface area contributed by atoms with Crippen molar-refractivity contribution in [3.63, 3.8) is 0 Å². The molecule has 1 atom stereocenters. The van der Waals surface area contributed by atoms with E-state index in [1.807, 2.05) is 33.4 Å². The third-order valence-electron chi connectivity index (χ3n) is 5.19. The monoisotopic (exact) mass is 340 g/mol. The van der Waals surface area contributed by atoms with E-state index in [9.17, 15) is 9.59 Å². The molecule has 0 bridgehead atoms. The number of thioether (sulfide) groups is 1. The average molecular weight is 340 g/mol. The molecule has 3 fully saturated rings. The third kappa shape index (κ3) is 3.94. The number of piperidine rings is 1. The van der Waals surface area contributed by atoms with Crippen molar-refractivity contribution in [1.82, 2.24) is 20.0 Å². The van der Waals surface area contributed by atoms with Gasteiger partial charge in [-0.15, -0.1) is 0 Å². The standard InChI is InChI=1S/C16H28N4O2S/c1-2-18-8-9-20(16(18)22)14-3-6-19(7-4-14)15(21)11-13-12-23-10-5-17-13/h13-14,17H,2-12H2,1H3. The van der Waals surface area contributed by atoms with Gasteiger partial charge in [0.15, 0.2) is 0 Å². The summed E-state index contributed by atoms with van der Waals surface area (Å²) in [7, 11) is 0. The Bertz CT molecular complexity index is 434. The molecule has 3 aliphatic heterocycles. The molecule has 130 valence electrons. The van der Waals surface area contributed by atoms with Gasteiger partial charge >= 0.3 is 6.03 Å². The SMILES string of the molecule is CCN1CCN(C2CCN(C(=O)CC3CSCCN3)CC2)C1=O. The lowest BCUT2D eigenvalue weighted by molar-refractivity contribution is -0.133. The molecule has 0 aromatic rings. The van der Waals surface area contributed by atoms with E-state index in [-0.39, 0.29) is 11.9 Å². The van der Waals surface area contributed by atoms with E-state index in [1.165, 1.54) is 0 Å². The van der Waals surface area contributed by atoms with Gasteiger partial charge < -0.3 is 20.0 Å². The summed E-state index contributed by atoms with van der Waals surface area (Å²) in [6.45, 7) is 7.10. The molecule has 1 unspecified atom stereocenters. The van der Waals surface area contributed by atoms with Gasteiger partial charge in [0.05, 0.1) is 0 Å². The second-order valence-electron chi connectivity index (χ2n) is 6.60. The van der Waals surface area contributed by atoms with Gasteiger partial charge in [0.2, 0.25) is 5.91 Å². The van der Waals surface area contributed by atoms with Gasteiger partial charge in [0, 0.05) is 69.3 Å². The number of carbonyl (C=O) groups is 2. The lowest BCUT2D eigenvalue weighted by Gasteiger charge is -2.37. The van der Waals surface area contributed by atoms with Crippen LogP contribution >= 0.6 is 11.8 Å². The summed E-state index contributed by atoms with van der Waals surface area (Å²) in [5.74, 6) is 2.46. The summed E-state index contributed by atoms with van der Waals surface area (Å²) in [6.07, 6.45) is 2.45. The number of carbonyl (C=O) groups excluding carboxylic acids is 2. The molecule has 3 heterocycles. The van der Waals surface area contributed by atoms with E-state index in [2.05, 4.69) is 5.32 Å². The first-order valence-corrected chi connectivity index (χ1v) is 9.99. The molecule has 1 N–H and O–H groups in total. The topological polar surface area (TPSA) is 55.9 Å². The Morgan fingerprint density at radius 1 is 1.26 bits per heavy atom. The quantitative estimate of drug-likeness (QED) is 0.824. The number of nitrogens with one attached hydrogen (secondary N) is 1. The fourth-order valence-electron chi connectivity index (χ4n) is 3.75. The number of urea groups is 1. The summed E-state index contributed by atoms with van der Waals surface area (Å²) < 4.78 is 0. The van der Waals surface area contributed by atoms with Gasteiger partial charge in [0.1, 0.15) is 0 Å². The van der Waals surface area contributed by atoms with Crippen LogP contribution in [0.2, 0.25) is 0 Å². The molecule has 3 saturated heterocycles. The number of hydrogen-bond donors (Lipinski definition) is 1. The molecule has 3 rings (SSSR count). The van der Waals surface area contributed by atoms with Crippen LogP contribution in [0.15, 0.2) is 0 Å². The fourth-order valence-corrected chi connectivity index (χ4v) is 4.70. The Hall–Kier alpha value is -0.950. The van der Waals surface area contributed by atoms with Crippen LogP contribution in [-0.2, 0) is 4.79 Å². The largest absolute Gasteiger partial charge is 0.342 e. The second-order valence-corrected chi connectivity index (χ2v) is 7.75. The van der Waals surface area contributed by atoms with E-state index >= 15 is 0 Å². The van der Waals surface area contributed by atoms with Crippen LogP contribution < -0.4 is 5.32 Å². The number of amides is 3. The van der Waals surface area contributed by atoms with Crippen molar-refractivity contribution < 1.29 is 9.59 Å². The minimum absolute atomic E-state index is 0.181. The zero-order chi connectivity index (χ0) is 16.2. The van der Waals surface area contributed by atoms with Crippen molar-refractivity contribution in [3.8, 4) is 0 Å². The molecule has 3 aliphatic rings. The molecule has 7 heteroatoms. The van der Waals surface area contributed by atoms with Crippen LogP contribution in [0.25, 0.3) is 0 Å². The van der Waals surface area contributed by atoms with E-state index in [4.69, 9.17) is 0 Å².